The highest BCUT2D eigenvalue weighted by Crippen LogP contribution is 2.26. The summed E-state index contributed by atoms with van der Waals surface area (Å²) in [7, 11) is -0.850. The molecule has 3 rings (SSSR count). The second kappa shape index (κ2) is 5.24. The molecule has 0 unspecified atom stereocenters. The molecule has 0 saturated heterocycles. The highest BCUT2D eigenvalue weighted by atomic mass is 32.2. The summed E-state index contributed by atoms with van der Waals surface area (Å²) in [4.78, 5) is 4.16. The van der Waals surface area contributed by atoms with Crippen molar-refractivity contribution in [3.8, 4) is 0 Å². The Hall–Kier alpha value is -1.90. The molecule has 0 aliphatic carbocycles. The fourth-order valence-electron chi connectivity index (χ4n) is 1.96. The maximum atomic E-state index is 9.66. The Balaban J connectivity index is 1.74. The minimum atomic E-state index is -0.850. The van der Waals surface area contributed by atoms with Crippen molar-refractivity contribution in [2.75, 3.05) is 16.2 Å². The lowest BCUT2D eigenvalue weighted by molar-refractivity contribution is 0.275. The Morgan fingerprint density at radius 1 is 1.35 bits per heavy atom. The van der Waals surface area contributed by atoms with Crippen molar-refractivity contribution in [1.29, 1.82) is 0 Å². The molecule has 6 N–H and O–H groups in total. The molecule has 1 aromatic carbocycles. The van der Waals surface area contributed by atoms with E-state index >= 15 is 0 Å². The molecule has 2 heterocycles. The summed E-state index contributed by atoms with van der Waals surface area (Å²) in [5, 5.41) is 10.3. The highest BCUT2D eigenvalue weighted by molar-refractivity contribution is 8.00. The summed E-state index contributed by atoms with van der Waals surface area (Å²) >= 11 is 1.29. The van der Waals surface area contributed by atoms with Gasteiger partial charge in [0, 0.05) is 17.6 Å². The number of benzene rings is 1. The maximum Gasteiger partial charge on any atom is 0.491 e. The van der Waals surface area contributed by atoms with Crippen LogP contribution in [0, 0.1) is 0 Å². The van der Waals surface area contributed by atoms with Gasteiger partial charge in [0.25, 0.3) is 0 Å². The fourth-order valence-corrected chi connectivity index (χ4v) is 2.58. The lowest BCUT2D eigenvalue weighted by atomic mass is 9.79. The van der Waals surface area contributed by atoms with Gasteiger partial charge in [-0.15, -0.1) is 0 Å². The Bertz CT molecular complexity index is 655. The van der Waals surface area contributed by atoms with Crippen LogP contribution >= 0.6 is 11.9 Å². The Kier molecular flexibility index (Phi) is 3.43. The predicted molar refractivity (Wildman–Crippen MR) is 81.4 cm³/mol. The van der Waals surface area contributed by atoms with Gasteiger partial charge in [0.05, 0.1) is 24.2 Å². The van der Waals surface area contributed by atoms with Gasteiger partial charge < -0.3 is 25.9 Å². The van der Waals surface area contributed by atoms with Crippen molar-refractivity contribution >= 4 is 41.6 Å². The van der Waals surface area contributed by atoms with Crippen LogP contribution < -0.4 is 21.7 Å². The van der Waals surface area contributed by atoms with Crippen molar-refractivity contribution in [1.82, 2.24) is 4.98 Å². The van der Waals surface area contributed by atoms with Crippen molar-refractivity contribution in [3.05, 3.63) is 36.0 Å². The second-order valence-corrected chi connectivity index (χ2v) is 5.24. The molecule has 0 bridgehead atoms. The van der Waals surface area contributed by atoms with Crippen LogP contribution in [0.4, 0.5) is 17.1 Å². The molecule has 0 spiro atoms. The molecule has 1 aliphatic rings. The van der Waals surface area contributed by atoms with Crippen LogP contribution in [0.5, 0.6) is 0 Å². The van der Waals surface area contributed by atoms with Crippen LogP contribution in [0.2, 0.25) is 0 Å². The van der Waals surface area contributed by atoms with E-state index in [-0.39, 0.29) is 0 Å². The summed E-state index contributed by atoms with van der Waals surface area (Å²) in [5.41, 5.74) is 15.1. The first-order chi connectivity index (χ1) is 9.63. The monoisotopic (exact) mass is 288 g/mol. The minimum Gasteiger partial charge on any atom is -0.423 e. The number of hydrogen-bond acceptors (Lipinski definition) is 7. The molecule has 2 aromatic rings. The maximum absolute atomic E-state index is 9.66. The zero-order valence-electron chi connectivity index (χ0n) is 10.5. The quantitative estimate of drug-likeness (QED) is 0.483. The van der Waals surface area contributed by atoms with E-state index in [0.29, 0.717) is 23.0 Å². The van der Waals surface area contributed by atoms with Crippen molar-refractivity contribution in [2.45, 2.75) is 11.6 Å². The number of anilines is 3. The summed E-state index contributed by atoms with van der Waals surface area (Å²) in [6.07, 6.45) is 1.56. The average Bonchev–Trinajstić information content (AvgIpc) is 2.79. The van der Waals surface area contributed by atoms with E-state index in [0.717, 1.165) is 16.7 Å². The van der Waals surface area contributed by atoms with Crippen molar-refractivity contribution in [2.24, 2.45) is 0 Å². The third-order valence-electron chi connectivity index (χ3n) is 2.97. The molecule has 102 valence electrons. The number of nitrogen functional groups attached to an aromatic ring is 2. The molecule has 0 fully saturated rings. The van der Waals surface area contributed by atoms with E-state index in [1.807, 2.05) is 18.2 Å². The van der Waals surface area contributed by atoms with Gasteiger partial charge in [-0.2, -0.15) is 0 Å². The first kappa shape index (κ1) is 13.1. The van der Waals surface area contributed by atoms with E-state index in [1.54, 1.807) is 12.3 Å². The van der Waals surface area contributed by atoms with Gasteiger partial charge in [-0.3, -0.25) is 0 Å². The minimum absolute atomic E-state index is 0.441. The molecular formula is C12H13BN4O2S. The van der Waals surface area contributed by atoms with Crippen molar-refractivity contribution < 1.29 is 9.68 Å². The molecule has 20 heavy (non-hydrogen) atoms. The van der Waals surface area contributed by atoms with E-state index in [1.165, 1.54) is 11.9 Å². The first-order valence-corrected chi connectivity index (χ1v) is 6.81. The van der Waals surface area contributed by atoms with Gasteiger partial charge in [-0.25, -0.2) is 4.98 Å². The third kappa shape index (κ3) is 2.53. The van der Waals surface area contributed by atoms with Gasteiger partial charge in [-0.05, 0) is 29.2 Å². The van der Waals surface area contributed by atoms with Gasteiger partial charge >= 0.3 is 7.12 Å². The number of nitrogens with two attached hydrogens (primary N) is 2. The zero-order chi connectivity index (χ0) is 14.1. The number of nitrogens with zero attached hydrogens (tertiary/aromatic N) is 1. The molecule has 0 amide bonds. The molecule has 0 saturated carbocycles. The number of hydrogen-bond donors (Lipinski definition) is 4. The van der Waals surface area contributed by atoms with Crippen LogP contribution in [-0.4, -0.2) is 17.1 Å². The van der Waals surface area contributed by atoms with E-state index < -0.39 is 7.12 Å². The Morgan fingerprint density at radius 3 is 3.00 bits per heavy atom. The molecule has 1 aromatic heterocycles. The Labute approximate surface area is 120 Å². The SMILES string of the molecule is Nc1cnc(SNc2ccc3c(c2)B(O)OC3)c(N)c1. The van der Waals surface area contributed by atoms with Gasteiger partial charge in [0.2, 0.25) is 0 Å². The summed E-state index contributed by atoms with van der Waals surface area (Å²) < 4.78 is 8.29. The highest BCUT2D eigenvalue weighted by Gasteiger charge is 2.27. The number of aromatic nitrogens is 1. The first-order valence-electron chi connectivity index (χ1n) is 6.00. The molecule has 6 nitrogen and oxygen atoms in total. The molecule has 0 atom stereocenters. The molecule has 1 aliphatic heterocycles. The Morgan fingerprint density at radius 2 is 2.20 bits per heavy atom. The van der Waals surface area contributed by atoms with Crippen LogP contribution in [0.15, 0.2) is 35.5 Å². The fraction of sp³-hybridized carbons (Fsp3) is 0.0833. The smallest absolute Gasteiger partial charge is 0.423 e. The number of rotatable bonds is 3. The average molecular weight is 288 g/mol. The lowest BCUT2D eigenvalue weighted by Gasteiger charge is -2.08. The largest absolute Gasteiger partial charge is 0.491 e. The topological polar surface area (TPSA) is 106 Å². The van der Waals surface area contributed by atoms with E-state index in [9.17, 15) is 5.02 Å². The summed E-state index contributed by atoms with van der Waals surface area (Å²) in [6, 6.07) is 7.36. The van der Waals surface area contributed by atoms with E-state index in [2.05, 4.69) is 9.71 Å². The van der Waals surface area contributed by atoms with Crippen LogP contribution in [0.1, 0.15) is 5.56 Å². The summed E-state index contributed by atoms with van der Waals surface area (Å²) in [6.45, 7) is 0.441. The number of nitrogens with one attached hydrogen (secondary N) is 1. The normalized spacial score (nSPS) is 13.3. The predicted octanol–water partition coefficient (Wildman–Crippen LogP) is 0.583. The van der Waals surface area contributed by atoms with E-state index in [4.69, 9.17) is 16.1 Å². The van der Waals surface area contributed by atoms with Gasteiger partial charge in [-0.1, -0.05) is 6.07 Å². The van der Waals surface area contributed by atoms with Gasteiger partial charge in [0.15, 0.2) is 0 Å². The second-order valence-electron chi connectivity index (χ2n) is 4.44. The standard InChI is InChI=1S/C12H13BN4O2S/c14-8-3-11(15)12(16-5-8)20-17-9-2-1-7-6-19-13(18)10(7)4-9/h1-5,17-18H,6,14-15H2. The van der Waals surface area contributed by atoms with Crippen LogP contribution in [0.3, 0.4) is 0 Å². The zero-order valence-corrected chi connectivity index (χ0v) is 11.4. The van der Waals surface area contributed by atoms with Gasteiger partial charge in [0.1, 0.15) is 5.03 Å². The summed E-state index contributed by atoms with van der Waals surface area (Å²) in [5.74, 6) is 0. The van der Waals surface area contributed by atoms with Crippen LogP contribution in [-0.2, 0) is 11.3 Å². The number of fused-ring (bicyclic) bond motifs is 1. The lowest BCUT2D eigenvalue weighted by Crippen LogP contribution is -2.28. The molecular weight excluding hydrogens is 275 g/mol. The molecule has 8 heteroatoms. The third-order valence-corrected chi connectivity index (χ3v) is 3.85. The van der Waals surface area contributed by atoms with Crippen molar-refractivity contribution in [3.63, 3.8) is 0 Å². The van der Waals surface area contributed by atoms with Crippen LogP contribution in [0.25, 0.3) is 0 Å². The molecule has 0 radical (unpaired) electrons. The number of pyridine rings is 1.